The van der Waals surface area contributed by atoms with Crippen molar-refractivity contribution in [2.75, 3.05) is 46.3 Å². The summed E-state index contributed by atoms with van der Waals surface area (Å²) in [4.78, 5) is 25.3. The van der Waals surface area contributed by atoms with Crippen molar-refractivity contribution in [2.24, 2.45) is 0 Å². The first-order valence-electron chi connectivity index (χ1n) is 10.1. The number of nitro groups is 1. The van der Waals surface area contributed by atoms with E-state index in [0.717, 1.165) is 50.6 Å². The van der Waals surface area contributed by atoms with Crippen molar-refractivity contribution in [3.8, 4) is 0 Å². The fraction of sp³-hybridized carbons (Fsp3) is 0.650. The largest absolute Gasteiger partial charge is 0.343 e. The van der Waals surface area contributed by atoms with Gasteiger partial charge in [0.05, 0.1) is 4.92 Å². The van der Waals surface area contributed by atoms with Crippen molar-refractivity contribution in [3.05, 3.63) is 34.4 Å². The van der Waals surface area contributed by atoms with E-state index in [1.165, 1.54) is 12.8 Å². The third kappa shape index (κ3) is 10.6. The van der Waals surface area contributed by atoms with Gasteiger partial charge in [0.25, 0.3) is 5.69 Å². The molecule has 0 N–H and O–H groups in total. The van der Waals surface area contributed by atoms with Crippen LogP contribution in [0.5, 0.6) is 0 Å². The van der Waals surface area contributed by atoms with Gasteiger partial charge in [0, 0.05) is 56.3 Å². The second-order valence-electron chi connectivity index (χ2n) is 5.92. The SMILES string of the molecule is CC.CC.CN1CCN(C=O)CC1.O=[N+]([O-])c1ccc(SN2CCCC2)cc1. The highest BCUT2D eigenvalue weighted by Crippen LogP contribution is 2.27. The molecule has 28 heavy (non-hydrogen) atoms. The van der Waals surface area contributed by atoms with Gasteiger partial charge in [0.1, 0.15) is 0 Å². The van der Waals surface area contributed by atoms with Crippen LogP contribution in [0.25, 0.3) is 0 Å². The second kappa shape index (κ2) is 16.3. The third-order valence-corrected chi connectivity index (χ3v) is 5.14. The van der Waals surface area contributed by atoms with Gasteiger partial charge in [-0.2, -0.15) is 0 Å². The summed E-state index contributed by atoms with van der Waals surface area (Å²) < 4.78 is 2.29. The molecule has 0 unspecified atom stereocenters. The summed E-state index contributed by atoms with van der Waals surface area (Å²) in [6, 6.07) is 6.72. The molecule has 2 aliphatic heterocycles. The molecule has 1 amide bonds. The molecule has 0 atom stereocenters. The van der Waals surface area contributed by atoms with Crippen LogP contribution >= 0.6 is 11.9 Å². The van der Waals surface area contributed by atoms with Crippen LogP contribution in [0.4, 0.5) is 5.69 Å². The number of hydrogen-bond donors (Lipinski definition) is 0. The average Bonchev–Trinajstić information content (AvgIpc) is 3.25. The van der Waals surface area contributed by atoms with Crippen LogP contribution in [0.1, 0.15) is 40.5 Å². The maximum atomic E-state index is 10.4. The Labute approximate surface area is 174 Å². The minimum atomic E-state index is -0.371. The van der Waals surface area contributed by atoms with Crippen LogP contribution in [-0.2, 0) is 4.79 Å². The Morgan fingerprint density at radius 1 is 0.929 bits per heavy atom. The number of nitrogens with zero attached hydrogens (tertiary/aromatic N) is 4. The number of nitro benzene ring substituents is 1. The van der Waals surface area contributed by atoms with Crippen LogP contribution in [0.2, 0.25) is 0 Å². The maximum absolute atomic E-state index is 10.4. The Balaban J connectivity index is 0.000000481. The van der Waals surface area contributed by atoms with Crippen molar-refractivity contribution in [1.82, 2.24) is 14.1 Å². The second-order valence-corrected chi connectivity index (χ2v) is 7.09. The lowest BCUT2D eigenvalue weighted by molar-refractivity contribution is -0.384. The summed E-state index contributed by atoms with van der Waals surface area (Å²) in [5.74, 6) is 0. The molecule has 0 aromatic heterocycles. The van der Waals surface area contributed by atoms with Crippen molar-refractivity contribution < 1.29 is 9.72 Å². The zero-order valence-electron chi connectivity index (χ0n) is 18.0. The number of hydrogen-bond acceptors (Lipinski definition) is 6. The highest BCUT2D eigenvalue weighted by molar-refractivity contribution is 7.97. The number of likely N-dealkylation sites (N-methyl/N-ethyl adjacent to an activating group) is 1. The first-order valence-corrected chi connectivity index (χ1v) is 10.9. The molecule has 2 heterocycles. The van der Waals surface area contributed by atoms with Crippen molar-refractivity contribution in [3.63, 3.8) is 0 Å². The fourth-order valence-corrected chi connectivity index (χ4v) is 3.48. The predicted octanol–water partition coefficient (Wildman–Crippen LogP) is 4.14. The topological polar surface area (TPSA) is 69.9 Å². The van der Waals surface area contributed by atoms with Crippen LogP contribution in [0.15, 0.2) is 29.2 Å². The Hall–Kier alpha value is -1.64. The molecular formula is C20H36N4O3S. The zero-order chi connectivity index (χ0) is 21.4. The standard InChI is InChI=1S/C10H12N2O2S.C6H12N2O.2C2H6/c13-12(14)9-3-5-10(6-4-9)15-11-7-1-2-8-11;1-7-2-4-8(6-9)5-3-7;2*1-2/h3-6H,1-2,7-8H2;6H,2-5H2,1H3;2*1-2H3. The summed E-state index contributed by atoms with van der Waals surface area (Å²) >= 11 is 1.68. The number of carbonyl (C=O) groups excluding carboxylic acids is 1. The molecule has 3 rings (SSSR count). The summed E-state index contributed by atoms with van der Waals surface area (Å²) in [7, 11) is 2.07. The predicted molar refractivity (Wildman–Crippen MR) is 118 cm³/mol. The normalized spacial score (nSPS) is 16.5. The summed E-state index contributed by atoms with van der Waals surface area (Å²) in [5.41, 5.74) is 0.153. The lowest BCUT2D eigenvalue weighted by atomic mass is 10.3. The van der Waals surface area contributed by atoms with E-state index >= 15 is 0 Å². The van der Waals surface area contributed by atoms with E-state index in [1.807, 2.05) is 27.7 Å². The van der Waals surface area contributed by atoms with Gasteiger partial charge in [-0.05, 0) is 44.0 Å². The minimum absolute atomic E-state index is 0.153. The van der Waals surface area contributed by atoms with E-state index in [9.17, 15) is 14.9 Å². The molecule has 0 saturated carbocycles. The monoisotopic (exact) mass is 412 g/mol. The van der Waals surface area contributed by atoms with Crippen molar-refractivity contribution in [1.29, 1.82) is 0 Å². The number of carbonyl (C=O) groups is 1. The van der Waals surface area contributed by atoms with Gasteiger partial charge in [-0.15, -0.1) is 0 Å². The molecule has 1 aromatic carbocycles. The van der Waals surface area contributed by atoms with E-state index in [4.69, 9.17) is 0 Å². The molecule has 2 fully saturated rings. The van der Waals surface area contributed by atoms with Gasteiger partial charge in [-0.25, -0.2) is 4.31 Å². The molecule has 1 aromatic rings. The van der Waals surface area contributed by atoms with E-state index in [2.05, 4.69) is 16.3 Å². The van der Waals surface area contributed by atoms with E-state index in [0.29, 0.717) is 0 Å². The van der Waals surface area contributed by atoms with Crippen LogP contribution in [-0.4, -0.2) is 71.8 Å². The average molecular weight is 413 g/mol. The highest BCUT2D eigenvalue weighted by Gasteiger charge is 2.13. The smallest absolute Gasteiger partial charge is 0.269 e. The van der Waals surface area contributed by atoms with E-state index in [-0.39, 0.29) is 10.6 Å². The quantitative estimate of drug-likeness (QED) is 0.320. The van der Waals surface area contributed by atoms with Crippen molar-refractivity contribution in [2.45, 2.75) is 45.4 Å². The Morgan fingerprint density at radius 2 is 1.43 bits per heavy atom. The van der Waals surface area contributed by atoms with Crippen molar-refractivity contribution >= 4 is 24.0 Å². The summed E-state index contributed by atoms with van der Waals surface area (Å²) in [5, 5.41) is 10.4. The zero-order valence-corrected chi connectivity index (χ0v) is 18.8. The number of non-ortho nitro benzene ring substituents is 1. The Morgan fingerprint density at radius 3 is 1.86 bits per heavy atom. The molecule has 8 heteroatoms. The van der Waals surface area contributed by atoms with Gasteiger partial charge in [0.15, 0.2) is 0 Å². The van der Waals surface area contributed by atoms with Gasteiger partial charge < -0.3 is 9.80 Å². The molecule has 0 aliphatic carbocycles. The lowest BCUT2D eigenvalue weighted by Gasteiger charge is -2.29. The third-order valence-electron chi connectivity index (χ3n) is 4.03. The summed E-state index contributed by atoms with van der Waals surface area (Å²) in [6.45, 7) is 14.0. The highest BCUT2D eigenvalue weighted by atomic mass is 32.2. The van der Waals surface area contributed by atoms with Gasteiger partial charge in [-0.3, -0.25) is 14.9 Å². The number of benzene rings is 1. The Kier molecular flexibility index (Phi) is 15.4. The number of piperazine rings is 1. The molecule has 2 saturated heterocycles. The first kappa shape index (κ1) is 26.4. The van der Waals surface area contributed by atoms with Crippen LogP contribution in [0, 0.1) is 10.1 Å². The minimum Gasteiger partial charge on any atom is -0.343 e. The van der Waals surface area contributed by atoms with Crippen LogP contribution < -0.4 is 0 Å². The molecule has 0 radical (unpaired) electrons. The summed E-state index contributed by atoms with van der Waals surface area (Å²) in [6.07, 6.45) is 3.42. The maximum Gasteiger partial charge on any atom is 0.269 e. The van der Waals surface area contributed by atoms with Gasteiger partial charge in [0.2, 0.25) is 6.41 Å². The Bertz CT molecular complexity index is 529. The number of amides is 1. The fourth-order valence-electron chi connectivity index (χ4n) is 2.48. The molecule has 0 spiro atoms. The first-order chi connectivity index (χ1) is 13.6. The molecule has 2 aliphatic rings. The molecule has 0 bridgehead atoms. The van der Waals surface area contributed by atoms with Gasteiger partial charge >= 0.3 is 0 Å². The van der Waals surface area contributed by atoms with Gasteiger partial charge in [-0.1, -0.05) is 27.7 Å². The lowest BCUT2D eigenvalue weighted by Crippen LogP contribution is -2.43. The van der Waals surface area contributed by atoms with E-state index < -0.39 is 0 Å². The molecule has 160 valence electrons. The van der Waals surface area contributed by atoms with Crippen LogP contribution in [0.3, 0.4) is 0 Å². The molecule has 7 nitrogen and oxygen atoms in total. The van der Waals surface area contributed by atoms with E-state index in [1.54, 1.807) is 41.1 Å². The number of rotatable bonds is 4. The molecular weight excluding hydrogens is 376 g/mol.